The highest BCUT2D eigenvalue weighted by molar-refractivity contribution is 7.91. The van der Waals surface area contributed by atoms with Gasteiger partial charge in [0.1, 0.15) is 0 Å². The molecule has 0 amide bonds. The van der Waals surface area contributed by atoms with Crippen LogP contribution in [0, 0.1) is 5.92 Å². The minimum atomic E-state index is -3.11. The maximum atomic E-state index is 12.0. The third-order valence-electron chi connectivity index (χ3n) is 3.84. The molecule has 5 heteroatoms. The average molecular weight is 316 g/mol. The van der Waals surface area contributed by atoms with E-state index < -0.39 is 9.84 Å². The molecule has 1 fully saturated rings. The molecule has 0 aliphatic carbocycles. The van der Waals surface area contributed by atoms with Gasteiger partial charge in [-0.15, -0.1) is 11.6 Å². The Hall–Kier alpha value is -0.740. The van der Waals surface area contributed by atoms with Gasteiger partial charge in [-0.1, -0.05) is 6.92 Å². The summed E-state index contributed by atoms with van der Waals surface area (Å²) in [5.41, 5.74) is 1.11. The van der Waals surface area contributed by atoms with E-state index >= 15 is 0 Å². The number of halogens is 1. The summed E-state index contributed by atoms with van der Waals surface area (Å²) >= 11 is 5.79. The second-order valence-corrected chi connectivity index (χ2v) is 7.88. The van der Waals surface area contributed by atoms with Gasteiger partial charge in [0.05, 0.1) is 10.6 Å². The second kappa shape index (κ2) is 6.81. The zero-order valence-corrected chi connectivity index (χ0v) is 13.5. The lowest BCUT2D eigenvalue weighted by molar-refractivity contribution is 0.572. The lowest BCUT2D eigenvalue weighted by Gasteiger charge is -2.19. The van der Waals surface area contributed by atoms with E-state index in [2.05, 4.69) is 4.90 Å². The molecule has 3 nitrogen and oxygen atoms in total. The van der Waals surface area contributed by atoms with Crippen LogP contribution >= 0.6 is 11.6 Å². The predicted octanol–water partition coefficient (Wildman–Crippen LogP) is 3.33. The summed E-state index contributed by atoms with van der Waals surface area (Å²) in [6, 6.07) is 7.31. The molecule has 0 radical (unpaired) electrons. The molecule has 1 atom stereocenters. The van der Waals surface area contributed by atoms with Gasteiger partial charge in [-0.25, -0.2) is 8.42 Å². The van der Waals surface area contributed by atoms with Crippen LogP contribution in [0.5, 0.6) is 0 Å². The molecule has 2 rings (SSSR count). The lowest BCUT2D eigenvalue weighted by Crippen LogP contribution is -2.19. The summed E-state index contributed by atoms with van der Waals surface area (Å²) in [6.07, 6.45) is 2.87. The molecule has 112 valence electrons. The van der Waals surface area contributed by atoms with Crippen LogP contribution in [0.25, 0.3) is 0 Å². The molecule has 1 saturated heterocycles. The Morgan fingerprint density at radius 2 is 2.00 bits per heavy atom. The number of nitrogens with zero attached hydrogens (tertiary/aromatic N) is 1. The van der Waals surface area contributed by atoms with Crippen LogP contribution in [-0.4, -0.2) is 33.1 Å². The van der Waals surface area contributed by atoms with E-state index in [4.69, 9.17) is 11.6 Å². The fraction of sp³-hybridized carbons (Fsp3) is 0.600. The SMILES string of the molecule is CCCS(=O)(=O)c1ccc(N2CCC(CCCl)C2)cc1. The number of rotatable bonds is 6. The van der Waals surface area contributed by atoms with Crippen molar-refractivity contribution in [1.29, 1.82) is 0 Å². The Morgan fingerprint density at radius 1 is 1.30 bits per heavy atom. The minimum Gasteiger partial charge on any atom is -0.371 e. The van der Waals surface area contributed by atoms with Crippen molar-refractivity contribution in [3.05, 3.63) is 24.3 Å². The molecule has 0 N–H and O–H groups in total. The largest absolute Gasteiger partial charge is 0.371 e. The summed E-state index contributed by atoms with van der Waals surface area (Å²) < 4.78 is 23.9. The van der Waals surface area contributed by atoms with Crippen molar-refractivity contribution in [3.63, 3.8) is 0 Å². The van der Waals surface area contributed by atoms with Crippen molar-refractivity contribution in [2.45, 2.75) is 31.1 Å². The molecular formula is C15H22ClNO2S. The molecule has 0 bridgehead atoms. The van der Waals surface area contributed by atoms with Crippen LogP contribution in [0.4, 0.5) is 5.69 Å². The van der Waals surface area contributed by atoms with Gasteiger partial charge < -0.3 is 4.90 Å². The molecule has 0 spiro atoms. The summed E-state index contributed by atoms with van der Waals surface area (Å²) in [4.78, 5) is 2.74. The Kier molecular flexibility index (Phi) is 5.33. The fourth-order valence-corrected chi connectivity index (χ4v) is 4.34. The second-order valence-electron chi connectivity index (χ2n) is 5.39. The van der Waals surface area contributed by atoms with E-state index in [0.29, 0.717) is 23.1 Å². The van der Waals surface area contributed by atoms with Gasteiger partial charge in [-0.3, -0.25) is 0 Å². The van der Waals surface area contributed by atoms with Crippen molar-refractivity contribution in [3.8, 4) is 0 Å². The topological polar surface area (TPSA) is 37.4 Å². The predicted molar refractivity (Wildman–Crippen MR) is 84.4 cm³/mol. The average Bonchev–Trinajstić information content (AvgIpc) is 2.88. The smallest absolute Gasteiger partial charge is 0.178 e. The molecule has 1 aromatic carbocycles. The Morgan fingerprint density at radius 3 is 2.60 bits per heavy atom. The van der Waals surface area contributed by atoms with Crippen molar-refractivity contribution in [2.24, 2.45) is 5.92 Å². The third kappa shape index (κ3) is 3.67. The first kappa shape index (κ1) is 15.6. The van der Waals surface area contributed by atoms with Gasteiger partial charge in [0.2, 0.25) is 0 Å². The number of sulfone groups is 1. The van der Waals surface area contributed by atoms with Crippen LogP contribution in [0.3, 0.4) is 0 Å². The van der Waals surface area contributed by atoms with E-state index in [1.807, 2.05) is 19.1 Å². The minimum absolute atomic E-state index is 0.216. The van der Waals surface area contributed by atoms with Crippen LogP contribution in [0.1, 0.15) is 26.2 Å². The fourth-order valence-electron chi connectivity index (χ4n) is 2.71. The molecule has 1 aromatic rings. The van der Waals surface area contributed by atoms with Crippen LogP contribution in [-0.2, 0) is 9.84 Å². The highest BCUT2D eigenvalue weighted by Crippen LogP contribution is 2.27. The summed E-state index contributed by atoms with van der Waals surface area (Å²) in [7, 11) is -3.11. The van der Waals surface area contributed by atoms with Gasteiger partial charge in [-0.2, -0.15) is 0 Å². The van der Waals surface area contributed by atoms with E-state index in [1.54, 1.807) is 12.1 Å². The molecule has 0 aromatic heterocycles. The van der Waals surface area contributed by atoms with Gasteiger partial charge in [0.25, 0.3) is 0 Å². The maximum Gasteiger partial charge on any atom is 0.178 e. The van der Waals surface area contributed by atoms with Crippen molar-refractivity contribution in [2.75, 3.05) is 29.6 Å². The maximum absolute atomic E-state index is 12.0. The van der Waals surface area contributed by atoms with E-state index in [1.165, 1.54) is 6.42 Å². The monoisotopic (exact) mass is 315 g/mol. The first-order chi connectivity index (χ1) is 9.56. The molecular weight excluding hydrogens is 294 g/mol. The summed E-state index contributed by atoms with van der Waals surface area (Å²) in [5.74, 6) is 1.59. The Balaban J connectivity index is 2.06. The number of anilines is 1. The van der Waals surface area contributed by atoms with E-state index in [0.717, 1.165) is 25.2 Å². The van der Waals surface area contributed by atoms with Crippen molar-refractivity contribution < 1.29 is 8.42 Å². The quantitative estimate of drug-likeness (QED) is 0.756. The summed E-state index contributed by atoms with van der Waals surface area (Å²) in [6.45, 7) is 3.93. The van der Waals surface area contributed by atoms with Crippen LogP contribution in [0.15, 0.2) is 29.2 Å². The molecule has 0 saturated carbocycles. The van der Waals surface area contributed by atoms with Gasteiger partial charge in [0, 0.05) is 24.7 Å². The highest BCUT2D eigenvalue weighted by atomic mass is 35.5. The zero-order valence-electron chi connectivity index (χ0n) is 11.9. The Bertz CT molecular complexity index is 527. The van der Waals surface area contributed by atoms with Crippen molar-refractivity contribution >= 4 is 27.1 Å². The number of hydrogen-bond acceptors (Lipinski definition) is 3. The molecule has 20 heavy (non-hydrogen) atoms. The molecule has 1 aliphatic heterocycles. The van der Waals surface area contributed by atoms with Gasteiger partial charge in [0.15, 0.2) is 9.84 Å². The first-order valence-electron chi connectivity index (χ1n) is 7.20. The lowest BCUT2D eigenvalue weighted by atomic mass is 10.1. The van der Waals surface area contributed by atoms with E-state index in [-0.39, 0.29) is 5.75 Å². The number of alkyl halides is 1. The zero-order chi connectivity index (χ0) is 14.6. The normalized spacial score (nSPS) is 19.5. The van der Waals surface area contributed by atoms with Crippen molar-refractivity contribution in [1.82, 2.24) is 0 Å². The molecule has 1 heterocycles. The summed E-state index contributed by atoms with van der Waals surface area (Å²) in [5, 5.41) is 0. The van der Waals surface area contributed by atoms with Gasteiger partial charge in [-0.05, 0) is 49.4 Å². The number of benzene rings is 1. The highest BCUT2D eigenvalue weighted by Gasteiger charge is 2.22. The van der Waals surface area contributed by atoms with Gasteiger partial charge >= 0.3 is 0 Å². The van der Waals surface area contributed by atoms with E-state index in [9.17, 15) is 8.42 Å². The van der Waals surface area contributed by atoms with Crippen LogP contribution < -0.4 is 4.90 Å². The van der Waals surface area contributed by atoms with Crippen LogP contribution in [0.2, 0.25) is 0 Å². The molecule has 1 unspecified atom stereocenters. The standard InChI is InChI=1S/C15H22ClNO2S/c1-2-11-20(18,19)15-5-3-14(4-6-15)17-10-8-13(12-17)7-9-16/h3-6,13H,2,7-12H2,1H3. The Labute approximate surface area is 126 Å². The third-order valence-corrected chi connectivity index (χ3v) is 5.99. The first-order valence-corrected chi connectivity index (χ1v) is 9.39. The molecule has 1 aliphatic rings. The number of hydrogen-bond donors (Lipinski definition) is 0.